The van der Waals surface area contributed by atoms with Crippen LogP contribution in [0, 0.1) is 5.92 Å². The highest BCUT2D eigenvalue weighted by molar-refractivity contribution is 7.99. The minimum atomic E-state index is -0.375. The van der Waals surface area contributed by atoms with Crippen molar-refractivity contribution in [1.29, 1.82) is 0 Å². The monoisotopic (exact) mass is 376 g/mol. The topological polar surface area (TPSA) is 68.3 Å². The number of carbonyl (C=O) groups excluding carboxylic acids is 2. The van der Waals surface area contributed by atoms with E-state index in [2.05, 4.69) is 17.2 Å². The lowest BCUT2D eigenvalue weighted by Gasteiger charge is -2.18. The van der Waals surface area contributed by atoms with Gasteiger partial charge >= 0.3 is 5.97 Å². The SMILES string of the molecule is COC(=O)c1c(NC(=O)CSc2ccccn2)sc2c1CCC(C)C2. The maximum Gasteiger partial charge on any atom is 0.341 e. The first-order chi connectivity index (χ1) is 12.1. The minimum absolute atomic E-state index is 0.146. The zero-order valence-electron chi connectivity index (χ0n) is 14.2. The zero-order valence-corrected chi connectivity index (χ0v) is 15.8. The Balaban J connectivity index is 1.75. The van der Waals surface area contributed by atoms with E-state index in [1.807, 2.05) is 18.2 Å². The Morgan fingerprint density at radius 3 is 3.00 bits per heavy atom. The highest BCUT2D eigenvalue weighted by Crippen LogP contribution is 2.40. The largest absolute Gasteiger partial charge is 0.465 e. The fourth-order valence-electron chi connectivity index (χ4n) is 2.89. The Morgan fingerprint density at radius 1 is 1.44 bits per heavy atom. The molecule has 0 spiro atoms. The number of thiophene rings is 1. The van der Waals surface area contributed by atoms with Crippen molar-refractivity contribution >= 4 is 40.0 Å². The summed E-state index contributed by atoms with van der Waals surface area (Å²) in [6.07, 6.45) is 4.55. The molecule has 2 heterocycles. The first-order valence-corrected chi connectivity index (χ1v) is 9.95. The molecule has 0 bridgehead atoms. The molecule has 132 valence electrons. The second kappa shape index (κ2) is 8.01. The van der Waals surface area contributed by atoms with E-state index < -0.39 is 0 Å². The molecule has 2 aromatic heterocycles. The number of nitrogens with zero attached hydrogens (tertiary/aromatic N) is 1. The smallest absolute Gasteiger partial charge is 0.341 e. The molecule has 1 amide bonds. The van der Waals surface area contributed by atoms with E-state index in [4.69, 9.17) is 4.74 Å². The van der Waals surface area contributed by atoms with Crippen LogP contribution in [0.15, 0.2) is 29.4 Å². The predicted octanol–water partition coefficient (Wildman–Crippen LogP) is 3.79. The molecule has 7 heteroatoms. The standard InChI is InChI=1S/C18H20N2O3S2/c1-11-6-7-12-13(9-11)25-17(16(12)18(22)23-2)20-14(21)10-24-15-5-3-4-8-19-15/h3-5,8,11H,6-7,9-10H2,1-2H3,(H,20,21). The molecular weight excluding hydrogens is 356 g/mol. The number of carbonyl (C=O) groups is 2. The summed E-state index contributed by atoms with van der Waals surface area (Å²) in [6.45, 7) is 2.21. The Hall–Kier alpha value is -1.86. The van der Waals surface area contributed by atoms with E-state index in [-0.39, 0.29) is 17.6 Å². The third-order valence-corrected chi connectivity index (χ3v) is 6.26. The Bertz CT molecular complexity index is 774. The molecule has 5 nitrogen and oxygen atoms in total. The average Bonchev–Trinajstić information content (AvgIpc) is 2.97. The molecule has 1 N–H and O–H groups in total. The molecule has 2 aromatic rings. The van der Waals surface area contributed by atoms with Gasteiger partial charge < -0.3 is 10.1 Å². The number of rotatable bonds is 5. The number of nitrogens with one attached hydrogen (secondary N) is 1. The summed E-state index contributed by atoms with van der Waals surface area (Å²) in [5.74, 6) is 0.323. The van der Waals surface area contributed by atoms with Crippen molar-refractivity contribution in [2.45, 2.75) is 31.2 Å². The summed E-state index contributed by atoms with van der Waals surface area (Å²) < 4.78 is 4.94. The van der Waals surface area contributed by atoms with E-state index in [0.29, 0.717) is 16.5 Å². The third kappa shape index (κ3) is 4.22. The molecule has 0 saturated heterocycles. The van der Waals surface area contributed by atoms with Gasteiger partial charge in [0.05, 0.1) is 23.5 Å². The van der Waals surface area contributed by atoms with Crippen LogP contribution in [0.5, 0.6) is 0 Å². The zero-order chi connectivity index (χ0) is 17.8. The van der Waals surface area contributed by atoms with Gasteiger partial charge in [-0.3, -0.25) is 4.79 Å². The van der Waals surface area contributed by atoms with Gasteiger partial charge in [-0.05, 0) is 42.9 Å². The van der Waals surface area contributed by atoms with Crippen LogP contribution in [0.2, 0.25) is 0 Å². The lowest BCUT2D eigenvalue weighted by atomic mass is 9.88. The van der Waals surface area contributed by atoms with Gasteiger partial charge in [-0.1, -0.05) is 24.8 Å². The number of esters is 1. The second-order valence-corrected chi connectivity index (χ2v) is 8.15. The van der Waals surface area contributed by atoms with E-state index in [1.165, 1.54) is 35.1 Å². The molecule has 3 rings (SSSR count). The summed E-state index contributed by atoms with van der Waals surface area (Å²) in [7, 11) is 1.38. The number of amides is 1. The highest BCUT2D eigenvalue weighted by atomic mass is 32.2. The number of ether oxygens (including phenoxy) is 1. The first kappa shape index (κ1) is 17.9. The summed E-state index contributed by atoms with van der Waals surface area (Å²) in [4.78, 5) is 29.9. The summed E-state index contributed by atoms with van der Waals surface area (Å²) >= 11 is 2.87. The molecule has 0 aromatic carbocycles. The van der Waals surface area contributed by atoms with E-state index in [9.17, 15) is 9.59 Å². The minimum Gasteiger partial charge on any atom is -0.465 e. The van der Waals surface area contributed by atoms with E-state index in [1.54, 1.807) is 6.20 Å². The number of anilines is 1. The lowest BCUT2D eigenvalue weighted by molar-refractivity contribution is -0.113. The highest BCUT2D eigenvalue weighted by Gasteiger charge is 2.28. The van der Waals surface area contributed by atoms with Crippen LogP contribution in [0.3, 0.4) is 0 Å². The normalized spacial score (nSPS) is 16.2. The van der Waals surface area contributed by atoms with Crippen LogP contribution in [0.4, 0.5) is 5.00 Å². The number of hydrogen-bond donors (Lipinski definition) is 1. The van der Waals surface area contributed by atoms with Crippen LogP contribution < -0.4 is 5.32 Å². The number of thioether (sulfide) groups is 1. The van der Waals surface area contributed by atoms with Crippen LogP contribution in [0.25, 0.3) is 0 Å². The van der Waals surface area contributed by atoms with Gasteiger partial charge in [0, 0.05) is 11.1 Å². The molecule has 1 unspecified atom stereocenters. The molecule has 0 fully saturated rings. The van der Waals surface area contributed by atoms with Gasteiger partial charge in [0.25, 0.3) is 0 Å². The van der Waals surface area contributed by atoms with Crippen LogP contribution in [0.1, 0.15) is 34.1 Å². The number of methoxy groups -OCH3 is 1. The second-order valence-electron chi connectivity index (χ2n) is 6.05. The van der Waals surface area contributed by atoms with Crippen molar-refractivity contribution in [2.24, 2.45) is 5.92 Å². The van der Waals surface area contributed by atoms with E-state index in [0.717, 1.165) is 29.9 Å². The number of fused-ring (bicyclic) bond motifs is 1. The molecule has 0 radical (unpaired) electrons. The van der Waals surface area contributed by atoms with Crippen molar-refractivity contribution in [3.8, 4) is 0 Å². The van der Waals surface area contributed by atoms with Crippen molar-refractivity contribution in [2.75, 3.05) is 18.2 Å². The van der Waals surface area contributed by atoms with Crippen molar-refractivity contribution in [3.05, 3.63) is 40.4 Å². The van der Waals surface area contributed by atoms with Gasteiger partial charge in [0.2, 0.25) is 5.91 Å². The third-order valence-electron chi connectivity index (χ3n) is 4.14. The van der Waals surface area contributed by atoms with Gasteiger partial charge in [0.1, 0.15) is 5.00 Å². The number of pyridine rings is 1. The Labute approximate surface area is 155 Å². The van der Waals surface area contributed by atoms with Gasteiger partial charge in [0.15, 0.2) is 0 Å². The molecule has 25 heavy (non-hydrogen) atoms. The van der Waals surface area contributed by atoms with Crippen LogP contribution in [-0.2, 0) is 22.4 Å². The molecule has 0 aliphatic heterocycles. The Morgan fingerprint density at radius 2 is 2.28 bits per heavy atom. The maximum atomic E-state index is 12.3. The van der Waals surface area contributed by atoms with Crippen molar-refractivity contribution in [3.63, 3.8) is 0 Å². The van der Waals surface area contributed by atoms with E-state index >= 15 is 0 Å². The molecule has 0 saturated carbocycles. The molecule has 1 atom stereocenters. The fourth-order valence-corrected chi connectivity index (χ4v) is 4.97. The molecule has 1 aliphatic carbocycles. The summed E-state index contributed by atoms with van der Waals surface area (Å²) in [6, 6.07) is 5.59. The lowest BCUT2D eigenvalue weighted by Crippen LogP contribution is -2.17. The van der Waals surface area contributed by atoms with Gasteiger partial charge in [-0.2, -0.15) is 0 Å². The van der Waals surface area contributed by atoms with Gasteiger partial charge in [-0.15, -0.1) is 11.3 Å². The number of hydrogen-bond acceptors (Lipinski definition) is 6. The quantitative estimate of drug-likeness (QED) is 0.635. The van der Waals surface area contributed by atoms with Crippen LogP contribution in [-0.4, -0.2) is 29.7 Å². The predicted molar refractivity (Wildman–Crippen MR) is 100 cm³/mol. The first-order valence-electron chi connectivity index (χ1n) is 8.15. The summed E-state index contributed by atoms with van der Waals surface area (Å²) in [5, 5.41) is 4.30. The fraction of sp³-hybridized carbons (Fsp3) is 0.389. The van der Waals surface area contributed by atoms with Gasteiger partial charge in [-0.25, -0.2) is 9.78 Å². The molecular formula is C18H20N2O3S2. The molecule has 1 aliphatic rings. The number of aromatic nitrogens is 1. The van der Waals surface area contributed by atoms with Crippen molar-refractivity contribution < 1.29 is 14.3 Å². The van der Waals surface area contributed by atoms with Crippen molar-refractivity contribution in [1.82, 2.24) is 4.98 Å². The maximum absolute atomic E-state index is 12.3. The Kier molecular flexibility index (Phi) is 5.75. The van der Waals surface area contributed by atoms with Crippen LogP contribution >= 0.6 is 23.1 Å². The summed E-state index contributed by atoms with van der Waals surface area (Å²) in [5.41, 5.74) is 1.58. The average molecular weight is 377 g/mol.